The SMILES string of the molecule is CC1CCCC(C)N1C(=O)COc1ccc2c(c1)C(=O)CC(C)(C)O2. The molecular weight excluding hydrogens is 318 g/mol. The molecule has 0 aromatic heterocycles. The van der Waals surface area contributed by atoms with Crippen molar-refractivity contribution < 1.29 is 19.1 Å². The lowest BCUT2D eigenvalue weighted by Crippen LogP contribution is -2.49. The number of hydrogen-bond donors (Lipinski definition) is 0. The molecule has 1 amide bonds. The maximum Gasteiger partial charge on any atom is 0.260 e. The zero-order valence-corrected chi connectivity index (χ0v) is 15.5. The highest BCUT2D eigenvalue weighted by atomic mass is 16.5. The summed E-state index contributed by atoms with van der Waals surface area (Å²) in [7, 11) is 0. The van der Waals surface area contributed by atoms with Crippen LogP contribution in [0.4, 0.5) is 0 Å². The second-order valence-electron chi connectivity index (χ2n) is 7.84. The minimum Gasteiger partial charge on any atom is -0.487 e. The van der Waals surface area contributed by atoms with Crippen LogP contribution in [0.1, 0.15) is 63.7 Å². The first-order valence-electron chi connectivity index (χ1n) is 9.07. The van der Waals surface area contributed by atoms with Crippen molar-refractivity contribution in [3.8, 4) is 11.5 Å². The van der Waals surface area contributed by atoms with Crippen molar-refractivity contribution in [2.45, 2.75) is 71.1 Å². The van der Waals surface area contributed by atoms with Crippen molar-refractivity contribution in [1.82, 2.24) is 4.90 Å². The van der Waals surface area contributed by atoms with E-state index >= 15 is 0 Å². The topological polar surface area (TPSA) is 55.8 Å². The largest absolute Gasteiger partial charge is 0.487 e. The van der Waals surface area contributed by atoms with Crippen LogP contribution in [0.25, 0.3) is 0 Å². The van der Waals surface area contributed by atoms with Crippen LogP contribution in [-0.2, 0) is 4.79 Å². The summed E-state index contributed by atoms with van der Waals surface area (Å²) in [6, 6.07) is 5.69. The lowest BCUT2D eigenvalue weighted by Gasteiger charge is -2.39. The molecule has 2 unspecified atom stereocenters. The van der Waals surface area contributed by atoms with Crippen LogP contribution in [0.2, 0.25) is 0 Å². The van der Waals surface area contributed by atoms with Gasteiger partial charge in [0.25, 0.3) is 5.91 Å². The van der Waals surface area contributed by atoms with Crippen molar-refractivity contribution >= 4 is 11.7 Å². The normalized spacial score (nSPS) is 25.1. The predicted molar refractivity (Wildman–Crippen MR) is 95.2 cm³/mol. The Kier molecular flexibility index (Phi) is 4.76. The van der Waals surface area contributed by atoms with E-state index < -0.39 is 5.60 Å². The van der Waals surface area contributed by atoms with Crippen molar-refractivity contribution in [3.63, 3.8) is 0 Å². The molecule has 2 heterocycles. The molecule has 3 rings (SSSR count). The molecule has 1 aromatic rings. The quantitative estimate of drug-likeness (QED) is 0.840. The van der Waals surface area contributed by atoms with E-state index in [0.717, 1.165) is 19.3 Å². The number of amides is 1. The molecule has 1 saturated heterocycles. The van der Waals surface area contributed by atoms with Crippen molar-refractivity contribution in [1.29, 1.82) is 0 Å². The van der Waals surface area contributed by atoms with Gasteiger partial charge in [-0.1, -0.05) is 0 Å². The molecule has 0 spiro atoms. The van der Waals surface area contributed by atoms with Crippen LogP contribution in [0.15, 0.2) is 18.2 Å². The summed E-state index contributed by atoms with van der Waals surface area (Å²) in [5.41, 5.74) is 0.0483. The molecule has 0 radical (unpaired) electrons. The molecule has 2 aliphatic heterocycles. The Labute approximate surface area is 149 Å². The minimum atomic E-state index is -0.483. The second kappa shape index (κ2) is 6.70. The van der Waals surface area contributed by atoms with Gasteiger partial charge in [-0.15, -0.1) is 0 Å². The number of piperidine rings is 1. The number of rotatable bonds is 3. The summed E-state index contributed by atoms with van der Waals surface area (Å²) in [4.78, 5) is 26.8. The van der Waals surface area contributed by atoms with Crippen molar-refractivity contribution in [3.05, 3.63) is 23.8 Å². The van der Waals surface area contributed by atoms with Crippen LogP contribution in [-0.4, -0.2) is 40.9 Å². The summed E-state index contributed by atoms with van der Waals surface area (Å²) >= 11 is 0. The lowest BCUT2D eigenvalue weighted by atomic mass is 9.93. The first-order chi connectivity index (χ1) is 11.8. The summed E-state index contributed by atoms with van der Waals surface area (Å²) in [6.07, 6.45) is 3.58. The van der Waals surface area contributed by atoms with Gasteiger partial charge < -0.3 is 14.4 Å². The molecule has 5 heteroatoms. The molecule has 25 heavy (non-hydrogen) atoms. The summed E-state index contributed by atoms with van der Waals surface area (Å²) in [6.45, 7) is 7.97. The van der Waals surface area contributed by atoms with Crippen molar-refractivity contribution in [2.75, 3.05) is 6.61 Å². The van der Waals surface area contributed by atoms with Crippen LogP contribution >= 0.6 is 0 Å². The number of carbonyl (C=O) groups excluding carboxylic acids is 2. The average Bonchev–Trinajstić information content (AvgIpc) is 2.52. The molecular formula is C20H27NO4. The van der Waals surface area contributed by atoms with E-state index in [-0.39, 0.29) is 30.4 Å². The van der Waals surface area contributed by atoms with Crippen LogP contribution in [0, 0.1) is 0 Å². The molecule has 5 nitrogen and oxygen atoms in total. The number of benzene rings is 1. The minimum absolute atomic E-state index is 0.00105. The third-order valence-corrected chi connectivity index (χ3v) is 5.07. The molecule has 0 aliphatic carbocycles. The predicted octanol–water partition coefficient (Wildman–Crippen LogP) is 3.60. The van der Waals surface area contributed by atoms with E-state index in [4.69, 9.17) is 9.47 Å². The van der Waals surface area contributed by atoms with Gasteiger partial charge in [-0.3, -0.25) is 9.59 Å². The third kappa shape index (κ3) is 3.80. The smallest absolute Gasteiger partial charge is 0.260 e. The Bertz CT molecular complexity index is 672. The van der Waals surface area contributed by atoms with Crippen LogP contribution in [0.5, 0.6) is 11.5 Å². The number of likely N-dealkylation sites (tertiary alicyclic amines) is 1. The van der Waals surface area contributed by atoms with Crippen LogP contribution in [0.3, 0.4) is 0 Å². The Morgan fingerprint density at radius 2 is 1.96 bits per heavy atom. The molecule has 0 N–H and O–H groups in total. The summed E-state index contributed by atoms with van der Waals surface area (Å²) < 4.78 is 11.5. The van der Waals surface area contributed by atoms with E-state index in [0.29, 0.717) is 23.5 Å². The van der Waals surface area contributed by atoms with E-state index in [2.05, 4.69) is 13.8 Å². The maximum absolute atomic E-state index is 12.5. The van der Waals surface area contributed by atoms with E-state index in [9.17, 15) is 9.59 Å². The van der Waals surface area contributed by atoms with E-state index in [1.807, 2.05) is 18.7 Å². The Morgan fingerprint density at radius 1 is 1.28 bits per heavy atom. The maximum atomic E-state index is 12.5. The Balaban J connectivity index is 1.67. The number of carbonyl (C=O) groups is 2. The molecule has 2 atom stereocenters. The fourth-order valence-electron chi connectivity index (χ4n) is 3.85. The highest BCUT2D eigenvalue weighted by Crippen LogP contribution is 2.35. The van der Waals surface area contributed by atoms with Crippen molar-refractivity contribution in [2.24, 2.45) is 0 Å². The molecule has 136 valence electrons. The zero-order chi connectivity index (χ0) is 18.2. The van der Waals surface area contributed by atoms with Gasteiger partial charge in [0.2, 0.25) is 0 Å². The Morgan fingerprint density at radius 3 is 2.64 bits per heavy atom. The highest BCUT2D eigenvalue weighted by Gasteiger charge is 2.33. The second-order valence-corrected chi connectivity index (χ2v) is 7.84. The molecule has 2 aliphatic rings. The van der Waals surface area contributed by atoms with Gasteiger partial charge in [0.1, 0.15) is 17.1 Å². The van der Waals surface area contributed by atoms with E-state index in [1.54, 1.807) is 18.2 Å². The molecule has 1 fully saturated rings. The number of Topliss-reactive ketones (excluding diaryl/α,β-unsaturated/α-hetero) is 1. The number of fused-ring (bicyclic) bond motifs is 1. The molecule has 0 bridgehead atoms. The number of ether oxygens (including phenoxy) is 2. The third-order valence-electron chi connectivity index (χ3n) is 5.07. The average molecular weight is 345 g/mol. The molecule has 0 saturated carbocycles. The Hall–Kier alpha value is -2.04. The van der Waals surface area contributed by atoms with Gasteiger partial charge in [-0.25, -0.2) is 0 Å². The number of hydrogen-bond acceptors (Lipinski definition) is 4. The number of ketones is 1. The van der Waals surface area contributed by atoms with Gasteiger partial charge >= 0.3 is 0 Å². The first-order valence-corrected chi connectivity index (χ1v) is 9.07. The van der Waals surface area contributed by atoms with Gasteiger partial charge in [0.05, 0.1) is 12.0 Å². The summed E-state index contributed by atoms with van der Waals surface area (Å²) in [5, 5.41) is 0. The fourth-order valence-corrected chi connectivity index (χ4v) is 3.85. The van der Waals surface area contributed by atoms with Gasteiger partial charge in [0.15, 0.2) is 12.4 Å². The number of nitrogens with zero attached hydrogens (tertiary/aromatic N) is 1. The molecule has 1 aromatic carbocycles. The standard InChI is InChI=1S/C20H27NO4/c1-13-6-5-7-14(2)21(13)19(23)12-24-15-8-9-18-16(10-15)17(22)11-20(3,4)25-18/h8-10,13-14H,5-7,11-12H2,1-4H3. The zero-order valence-electron chi connectivity index (χ0n) is 15.5. The fraction of sp³-hybridized carbons (Fsp3) is 0.600. The monoisotopic (exact) mass is 345 g/mol. The first kappa shape index (κ1) is 17.8. The van der Waals surface area contributed by atoms with E-state index in [1.165, 1.54) is 0 Å². The summed E-state index contributed by atoms with van der Waals surface area (Å²) in [5.74, 6) is 1.15. The highest BCUT2D eigenvalue weighted by molar-refractivity contribution is 6.00. The van der Waals surface area contributed by atoms with Crippen LogP contribution < -0.4 is 9.47 Å². The lowest BCUT2D eigenvalue weighted by molar-refractivity contribution is -0.139. The van der Waals surface area contributed by atoms with Gasteiger partial charge in [0, 0.05) is 12.1 Å². The van der Waals surface area contributed by atoms with Gasteiger partial charge in [-0.05, 0) is 65.2 Å². The van der Waals surface area contributed by atoms with Gasteiger partial charge in [-0.2, -0.15) is 0 Å².